The van der Waals surface area contributed by atoms with Crippen LogP contribution in [0.3, 0.4) is 0 Å². The normalized spacial score (nSPS) is 10.1. The molecule has 104 valence electrons. The fraction of sp³-hybridized carbons (Fsp3) is 0.188. The van der Waals surface area contributed by atoms with Gasteiger partial charge in [0.15, 0.2) is 0 Å². The van der Waals surface area contributed by atoms with Crippen LogP contribution in [0.5, 0.6) is 0 Å². The highest BCUT2D eigenvalue weighted by Gasteiger charge is 2.03. The molecule has 0 unspecified atom stereocenters. The number of hydrogen-bond acceptors (Lipinski definition) is 3. The van der Waals surface area contributed by atoms with Crippen LogP contribution in [-0.2, 0) is 17.8 Å². The number of amides is 1. The summed E-state index contributed by atoms with van der Waals surface area (Å²) in [4.78, 5) is 11.6. The molecule has 20 heavy (non-hydrogen) atoms. The molecule has 2 rings (SSSR count). The zero-order valence-corrected chi connectivity index (χ0v) is 11.1. The summed E-state index contributed by atoms with van der Waals surface area (Å²) >= 11 is 0. The van der Waals surface area contributed by atoms with Gasteiger partial charge in [-0.25, -0.2) is 4.79 Å². The van der Waals surface area contributed by atoms with E-state index in [1.807, 2.05) is 42.5 Å². The Hall–Kier alpha value is -2.33. The molecule has 0 fully saturated rings. The second-order valence-electron chi connectivity index (χ2n) is 4.36. The largest absolute Gasteiger partial charge is 0.444 e. The van der Waals surface area contributed by atoms with Gasteiger partial charge in [0.25, 0.3) is 0 Å². The molecule has 0 bridgehead atoms. The van der Waals surface area contributed by atoms with Crippen molar-refractivity contribution >= 4 is 11.8 Å². The van der Waals surface area contributed by atoms with Gasteiger partial charge in [-0.3, -0.25) is 5.32 Å². The Morgan fingerprint density at radius 3 is 2.35 bits per heavy atom. The lowest BCUT2D eigenvalue weighted by Crippen LogP contribution is -2.13. The highest BCUT2D eigenvalue weighted by molar-refractivity contribution is 5.84. The second kappa shape index (κ2) is 7.31. The second-order valence-corrected chi connectivity index (χ2v) is 4.36. The van der Waals surface area contributed by atoms with E-state index in [9.17, 15) is 4.79 Å². The summed E-state index contributed by atoms with van der Waals surface area (Å²) in [6.07, 6.45) is 0.127. The van der Waals surface area contributed by atoms with E-state index in [1.165, 1.54) is 0 Å². The molecule has 0 atom stereocenters. The van der Waals surface area contributed by atoms with E-state index in [0.29, 0.717) is 12.1 Å². The summed E-state index contributed by atoms with van der Waals surface area (Å²) in [5.74, 6) is 0. The molecule has 0 saturated carbocycles. The third-order valence-corrected chi connectivity index (χ3v) is 2.81. The molecule has 0 radical (unpaired) electrons. The monoisotopic (exact) mass is 271 g/mol. The van der Waals surface area contributed by atoms with Crippen molar-refractivity contribution < 1.29 is 14.6 Å². The van der Waals surface area contributed by atoms with E-state index in [2.05, 4.69) is 5.32 Å². The quantitative estimate of drug-likeness (QED) is 0.879. The van der Waals surface area contributed by atoms with Crippen LogP contribution in [0.25, 0.3) is 0 Å². The first kappa shape index (κ1) is 14.1. The van der Waals surface area contributed by atoms with E-state index in [-0.39, 0.29) is 13.2 Å². The lowest BCUT2D eigenvalue weighted by Gasteiger charge is -2.07. The minimum atomic E-state index is -0.483. The number of aliphatic hydroxyl groups is 1. The summed E-state index contributed by atoms with van der Waals surface area (Å²) in [6, 6.07) is 16.8. The Balaban J connectivity index is 1.82. The maximum atomic E-state index is 11.6. The first-order valence-corrected chi connectivity index (χ1v) is 6.45. The van der Waals surface area contributed by atoms with Gasteiger partial charge in [0.2, 0.25) is 0 Å². The minimum Gasteiger partial charge on any atom is -0.444 e. The summed E-state index contributed by atoms with van der Waals surface area (Å²) in [5.41, 5.74) is 2.64. The summed E-state index contributed by atoms with van der Waals surface area (Å²) < 4.78 is 5.12. The molecular weight excluding hydrogens is 254 g/mol. The number of aliphatic hydroxyl groups excluding tert-OH is 1. The lowest BCUT2D eigenvalue weighted by molar-refractivity contribution is 0.155. The SMILES string of the molecule is O=C(Nc1ccc(CCO)cc1)OCc1ccccc1. The lowest BCUT2D eigenvalue weighted by atomic mass is 10.1. The number of rotatable bonds is 5. The van der Waals surface area contributed by atoms with E-state index in [0.717, 1.165) is 11.1 Å². The van der Waals surface area contributed by atoms with Crippen LogP contribution >= 0.6 is 0 Å². The number of benzene rings is 2. The van der Waals surface area contributed by atoms with E-state index in [1.54, 1.807) is 12.1 Å². The number of carbonyl (C=O) groups excluding carboxylic acids is 1. The van der Waals surface area contributed by atoms with E-state index < -0.39 is 6.09 Å². The molecule has 2 aromatic rings. The van der Waals surface area contributed by atoms with Crippen LogP contribution in [-0.4, -0.2) is 17.8 Å². The highest BCUT2D eigenvalue weighted by atomic mass is 16.5. The first-order chi connectivity index (χ1) is 9.78. The van der Waals surface area contributed by atoms with Gasteiger partial charge < -0.3 is 9.84 Å². The molecule has 0 aromatic heterocycles. The summed E-state index contributed by atoms with van der Waals surface area (Å²) in [5, 5.41) is 11.5. The van der Waals surface area contributed by atoms with Crippen molar-refractivity contribution in [2.24, 2.45) is 0 Å². The fourth-order valence-corrected chi connectivity index (χ4v) is 1.76. The molecule has 4 heteroatoms. The predicted octanol–water partition coefficient (Wildman–Crippen LogP) is 2.97. The Bertz CT molecular complexity index is 537. The molecule has 0 aliphatic carbocycles. The van der Waals surface area contributed by atoms with Crippen molar-refractivity contribution in [3.05, 3.63) is 65.7 Å². The maximum Gasteiger partial charge on any atom is 0.411 e. The van der Waals surface area contributed by atoms with Crippen LogP contribution < -0.4 is 5.32 Å². The Kier molecular flexibility index (Phi) is 5.15. The molecule has 1 amide bonds. The predicted molar refractivity (Wildman–Crippen MR) is 77.5 cm³/mol. The van der Waals surface area contributed by atoms with Crippen LogP contribution in [0.15, 0.2) is 54.6 Å². The number of hydrogen-bond donors (Lipinski definition) is 2. The van der Waals surface area contributed by atoms with Gasteiger partial charge in [-0.05, 0) is 29.7 Å². The number of ether oxygens (including phenoxy) is 1. The Morgan fingerprint density at radius 1 is 1.00 bits per heavy atom. The number of nitrogens with one attached hydrogen (secondary N) is 1. The third kappa shape index (κ3) is 4.40. The molecule has 0 heterocycles. The molecule has 2 aromatic carbocycles. The van der Waals surface area contributed by atoms with E-state index >= 15 is 0 Å². The Labute approximate surface area is 118 Å². The van der Waals surface area contributed by atoms with Gasteiger partial charge in [-0.2, -0.15) is 0 Å². The standard InChI is InChI=1S/C16H17NO3/c18-11-10-13-6-8-15(9-7-13)17-16(19)20-12-14-4-2-1-3-5-14/h1-9,18H,10-12H2,(H,17,19). The minimum absolute atomic E-state index is 0.117. The maximum absolute atomic E-state index is 11.6. The fourth-order valence-electron chi connectivity index (χ4n) is 1.76. The average molecular weight is 271 g/mol. The van der Waals surface area contributed by atoms with Crippen LogP contribution in [0.2, 0.25) is 0 Å². The van der Waals surface area contributed by atoms with Gasteiger partial charge in [0.1, 0.15) is 6.61 Å². The zero-order chi connectivity index (χ0) is 14.2. The molecule has 0 aliphatic rings. The number of carbonyl (C=O) groups is 1. The Morgan fingerprint density at radius 2 is 1.70 bits per heavy atom. The third-order valence-electron chi connectivity index (χ3n) is 2.81. The molecule has 0 saturated heterocycles. The van der Waals surface area contributed by atoms with Gasteiger partial charge in [-0.15, -0.1) is 0 Å². The van der Waals surface area contributed by atoms with Gasteiger partial charge in [0.05, 0.1) is 0 Å². The van der Waals surface area contributed by atoms with Crippen LogP contribution in [0.1, 0.15) is 11.1 Å². The first-order valence-electron chi connectivity index (χ1n) is 6.45. The zero-order valence-electron chi connectivity index (χ0n) is 11.1. The van der Waals surface area contributed by atoms with Gasteiger partial charge in [-0.1, -0.05) is 42.5 Å². The van der Waals surface area contributed by atoms with Crippen LogP contribution in [0.4, 0.5) is 10.5 Å². The van der Waals surface area contributed by atoms with E-state index in [4.69, 9.17) is 9.84 Å². The van der Waals surface area contributed by atoms with Crippen LogP contribution in [0, 0.1) is 0 Å². The van der Waals surface area contributed by atoms with Crippen molar-refractivity contribution in [2.45, 2.75) is 13.0 Å². The topological polar surface area (TPSA) is 58.6 Å². The smallest absolute Gasteiger partial charge is 0.411 e. The molecule has 0 spiro atoms. The summed E-state index contributed by atoms with van der Waals surface area (Å²) in [6.45, 7) is 0.362. The van der Waals surface area contributed by atoms with Crippen molar-refractivity contribution in [1.82, 2.24) is 0 Å². The van der Waals surface area contributed by atoms with Crippen molar-refractivity contribution in [3.8, 4) is 0 Å². The molecule has 2 N–H and O–H groups in total. The van der Waals surface area contributed by atoms with Crippen molar-refractivity contribution in [3.63, 3.8) is 0 Å². The van der Waals surface area contributed by atoms with Gasteiger partial charge in [0, 0.05) is 12.3 Å². The molecule has 4 nitrogen and oxygen atoms in total. The molecule has 0 aliphatic heterocycles. The van der Waals surface area contributed by atoms with Crippen molar-refractivity contribution in [2.75, 3.05) is 11.9 Å². The van der Waals surface area contributed by atoms with Gasteiger partial charge >= 0.3 is 6.09 Å². The highest BCUT2D eigenvalue weighted by Crippen LogP contribution is 2.11. The summed E-state index contributed by atoms with van der Waals surface area (Å²) in [7, 11) is 0. The molecular formula is C16H17NO3. The number of anilines is 1. The average Bonchev–Trinajstić information content (AvgIpc) is 2.49. The van der Waals surface area contributed by atoms with Crippen molar-refractivity contribution in [1.29, 1.82) is 0 Å².